The van der Waals surface area contributed by atoms with E-state index >= 15 is 0 Å². The van der Waals surface area contributed by atoms with Gasteiger partial charge in [-0.2, -0.15) is 5.26 Å². The van der Waals surface area contributed by atoms with Crippen molar-refractivity contribution in [2.24, 2.45) is 0 Å². The van der Waals surface area contributed by atoms with Crippen LogP contribution in [0.2, 0.25) is 0 Å². The van der Waals surface area contributed by atoms with Crippen molar-refractivity contribution in [3.63, 3.8) is 0 Å². The number of halogens is 2. The van der Waals surface area contributed by atoms with Gasteiger partial charge in [0.2, 0.25) is 0 Å². The lowest BCUT2D eigenvalue weighted by Gasteiger charge is -2.35. The van der Waals surface area contributed by atoms with Crippen LogP contribution in [0.1, 0.15) is 17.3 Å². The number of hydrogen-bond donors (Lipinski definition) is 0. The summed E-state index contributed by atoms with van der Waals surface area (Å²) in [6.45, 7) is 4.74. The Morgan fingerprint density at radius 1 is 1.42 bits per heavy atom. The molecule has 0 N–H and O–H groups in total. The lowest BCUT2D eigenvalue weighted by atomic mass is 10.2. The Kier molecular flexibility index (Phi) is 5.01. The highest BCUT2D eigenvalue weighted by atomic mass is 79.9. The van der Waals surface area contributed by atoms with E-state index in [1.807, 2.05) is 17.9 Å². The molecule has 0 aromatic carbocycles. The third-order valence-electron chi connectivity index (χ3n) is 3.22. The topological polar surface area (TPSA) is 47.3 Å². The van der Waals surface area contributed by atoms with Crippen LogP contribution in [0.5, 0.6) is 0 Å². The summed E-state index contributed by atoms with van der Waals surface area (Å²) in [5.41, 5.74) is 0.707. The minimum atomic E-state index is -0.0840. The van der Waals surface area contributed by atoms with Gasteiger partial charge >= 0.3 is 0 Å². The Hall–Kier alpha value is -0.420. The Morgan fingerprint density at radius 2 is 2.05 bits per heavy atom. The van der Waals surface area contributed by atoms with E-state index in [2.05, 4.69) is 42.8 Å². The molecular weight excluding hydrogens is 394 g/mol. The molecule has 0 aliphatic carbocycles. The highest BCUT2D eigenvalue weighted by Crippen LogP contribution is 2.32. The number of nitrogens with zero attached hydrogens (tertiary/aromatic N) is 3. The van der Waals surface area contributed by atoms with Crippen molar-refractivity contribution in [1.82, 2.24) is 9.80 Å². The maximum absolute atomic E-state index is 12.4. The Labute approximate surface area is 133 Å². The van der Waals surface area contributed by atoms with Gasteiger partial charge in [-0.1, -0.05) is 0 Å². The Morgan fingerprint density at radius 3 is 2.53 bits per heavy atom. The van der Waals surface area contributed by atoms with E-state index in [0.717, 1.165) is 20.7 Å². The number of piperazine rings is 1. The molecule has 1 amide bonds. The Balaban J connectivity index is 2.00. The standard InChI is InChI=1S/C12H13Br2N3OS/c1-8(7-15)16-2-4-17(5-3-16)12(18)9-6-10(13)19-11(9)14/h6,8H,2-5H2,1H3. The summed E-state index contributed by atoms with van der Waals surface area (Å²) in [7, 11) is 0. The molecule has 1 atom stereocenters. The molecule has 1 aromatic rings. The van der Waals surface area contributed by atoms with E-state index in [1.165, 1.54) is 11.3 Å². The Bertz CT molecular complexity index is 518. The largest absolute Gasteiger partial charge is 0.336 e. The van der Waals surface area contributed by atoms with E-state index in [0.29, 0.717) is 18.7 Å². The molecule has 1 aromatic heterocycles. The first-order valence-electron chi connectivity index (χ1n) is 5.90. The van der Waals surface area contributed by atoms with Gasteiger partial charge in [0, 0.05) is 26.2 Å². The molecule has 0 bridgehead atoms. The SMILES string of the molecule is CC(C#N)N1CCN(C(=O)c2cc(Br)sc2Br)CC1. The van der Waals surface area contributed by atoms with E-state index in [1.54, 1.807) is 0 Å². The zero-order valence-corrected chi connectivity index (χ0v) is 14.4. The smallest absolute Gasteiger partial charge is 0.255 e. The maximum Gasteiger partial charge on any atom is 0.255 e. The predicted octanol–water partition coefficient (Wildman–Crippen LogP) is 2.94. The van der Waals surface area contributed by atoms with Crippen molar-refractivity contribution in [2.45, 2.75) is 13.0 Å². The van der Waals surface area contributed by atoms with Crippen molar-refractivity contribution in [3.05, 3.63) is 19.2 Å². The van der Waals surface area contributed by atoms with Crippen LogP contribution in [0.15, 0.2) is 13.6 Å². The fourth-order valence-corrected chi connectivity index (χ4v) is 4.83. The molecule has 1 saturated heterocycles. The molecular formula is C12H13Br2N3OS. The van der Waals surface area contributed by atoms with Crippen LogP contribution >= 0.6 is 43.2 Å². The molecule has 1 aliphatic rings. The number of carbonyl (C=O) groups is 1. The molecule has 7 heteroatoms. The monoisotopic (exact) mass is 405 g/mol. The van der Waals surface area contributed by atoms with Crippen molar-refractivity contribution >= 4 is 49.1 Å². The van der Waals surface area contributed by atoms with Crippen LogP contribution in [0.25, 0.3) is 0 Å². The fraction of sp³-hybridized carbons (Fsp3) is 0.500. The first kappa shape index (κ1) is 15.0. The lowest BCUT2D eigenvalue weighted by Crippen LogP contribution is -2.51. The summed E-state index contributed by atoms with van der Waals surface area (Å²) < 4.78 is 1.80. The van der Waals surface area contributed by atoms with Gasteiger partial charge in [-0.05, 0) is 44.8 Å². The zero-order chi connectivity index (χ0) is 14.0. The van der Waals surface area contributed by atoms with Gasteiger partial charge < -0.3 is 4.90 Å². The summed E-state index contributed by atoms with van der Waals surface area (Å²) >= 11 is 8.31. The van der Waals surface area contributed by atoms with Crippen molar-refractivity contribution in [1.29, 1.82) is 5.26 Å². The number of carbonyl (C=O) groups excluding carboxylic acids is 1. The van der Waals surface area contributed by atoms with E-state index in [9.17, 15) is 4.79 Å². The average Bonchev–Trinajstić information content (AvgIpc) is 2.76. The second-order valence-corrected chi connectivity index (χ2v) is 8.12. The highest BCUT2D eigenvalue weighted by Gasteiger charge is 2.26. The molecule has 4 nitrogen and oxygen atoms in total. The number of hydrogen-bond acceptors (Lipinski definition) is 4. The first-order chi connectivity index (χ1) is 9.02. The van der Waals surface area contributed by atoms with Gasteiger partial charge in [-0.25, -0.2) is 0 Å². The normalized spacial score (nSPS) is 18.1. The molecule has 0 radical (unpaired) electrons. The molecule has 2 rings (SSSR count). The van der Waals surface area contributed by atoms with Crippen LogP contribution in [0.4, 0.5) is 0 Å². The minimum Gasteiger partial charge on any atom is -0.336 e. The molecule has 102 valence electrons. The van der Waals surface area contributed by atoms with Gasteiger partial charge in [0.1, 0.15) is 0 Å². The molecule has 2 heterocycles. The van der Waals surface area contributed by atoms with E-state index in [-0.39, 0.29) is 11.9 Å². The highest BCUT2D eigenvalue weighted by molar-refractivity contribution is 9.12. The lowest BCUT2D eigenvalue weighted by molar-refractivity contribution is 0.0615. The quantitative estimate of drug-likeness (QED) is 0.758. The van der Waals surface area contributed by atoms with Crippen LogP contribution in [0, 0.1) is 11.3 Å². The van der Waals surface area contributed by atoms with E-state index in [4.69, 9.17) is 5.26 Å². The second kappa shape index (κ2) is 6.35. The first-order valence-corrected chi connectivity index (χ1v) is 8.31. The van der Waals surface area contributed by atoms with Crippen LogP contribution in [-0.2, 0) is 0 Å². The van der Waals surface area contributed by atoms with Gasteiger partial charge in [0.15, 0.2) is 0 Å². The van der Waals surface area contributed by atoms with Gasteiger partial charge in [0.25, 0.3) is 5.91 Å². The maximum atomic E-state index is 12.4. The molecule has 1 fully saturated rings. The second-order valence-electron chi connectivity index (χ2n) is 4.37. The average molecular weight is 407 g/mol. The third-order valence-corrected chi connectivity index (χ3v) is 5.56. The molecule has 19 heavy (non-hydrogen) atoms. The van der Waals surface area contributed by atoms with Gasteiger partial charge in [-0.3, -0.25) is 9.69 Å². The van der Waals surface area contributed by atoms with Crippen molar-refractivity contribution in [3.8, 4) is 6.07 Å². The number of rotatable bonds is 2. The van der Waals surface area contributed by atoms with Crippen LogP contribution in [-0.4, -0.2) is 47.9 Å². The molecule has 0 spiro atoms. The molecule has 0 saturated carbocycles. The summed E-state index contributed by atoms with van der Waals surface area (Å²) in [6.07, 6.45) is 0. The summed E-state index contributed by atoms with van der Waals surface area (Å²) in [4.78, 5) is 16.3. The van der Waals surface area contributed by atoms with Crippen molar-refractivity contribution < 1.29 is 4.79 Å². The van der Waals surface area contributed by atoms with Crippen LogP contribution in [0.3, 0.4) is 0 Å². The van der Waals surface area contributed by atoms with Crippen LogP contribution < -0.4 is 0 Å². The number of thiophene rings is 1. The third kappa shape index (κ3) is 3.37. The molecule has 1 aliphatic heterocycles. The number of nitriles is 1. The minimum absolute atomic E-state index is 0.0538. The molecule has 1 unspecified atom stereocenters. The van der Waals surface area contributed by atoms with Crippen molar-refractivity contribution in [2.75, 3.05) is 26.2 Å². The summed E-state index contributed by atoms with van der Waals surface area (Å²) in [5, 5.41) is 8.90. The van der Waals surface area contributed by atoms with Gasteiger partial charge in [-0.15, -0.1) is 11.3 Å². The summed E-state index contributed by atoms with van der Waals surface area (Å²) in [5.74, 6) is 0.0538. The van der Waals surface area contributed by atoms with E-state index < -0.39 is 0 Å². The predicted molar refractivity (Wildman–Crippen MR) is 82.3 cm³/mol. The zero-order valence-electron chi connectivity index (χ0n) is 10.4. The number of amides is 1. The fourth-order valence-electron chi connectivity index (χ4n) is 2.05. The van der Waals surface area contributed by atoms with Gasteiger partial charge in [0.05, 0.1) is 25.2 Å². The summed E-state index contributed by atoms with van der Waals surface area (Å²) in [6, 6.07) is 4.00.